The van der Waals surface area contributed by atoms with Crippen LogP contribution in [0.15, 0.2) is 24.3 Å². The maximum absolute atomic E-state index is 11.8. The van der Waals surface area contributed by atoms with Crippen molar-refractivity contribution in [1.82, 2.24) is 5.32 Å². The number of nitrogens with one attached hydrogen (secondary N) is 1. The van der Waals surface area contributed by atoms with Crippen molar-refractivity contribution in [3.05, 3.63) is 29.8 Å². The van der Waals surface area contributed by atoms with Gasteiger partial charge in [-0.05, 0) is 18.9 Å². The van der Waals surface area contributed by atoms with Crippen LogP contribution in [0, 0.1) is 5.92 Å². The summed E-state index contributed by atoms with van der Waals surface area (Å²) in [5, 5.41) is 3.56. The van der Waals surface area contributed by atoms with Gasteiger partial charge in [0.25, 0.3) is 0 Å². The second kappa shape index (κ2) is 5.37. The van der Waals surface area contributed by atoms with E-state index in [2.05, 4.69) is 18.3 Å². The number of hydrogen-bond acceptors (Lipinski definition) is 4. The van der Waals surface area contributed by atoms with Crippen molar-refractivity contribution in [3.63, 3.8) is 0 Å². The van der Waals surface area contributed by atoms with E-state index < -0.39 is 9.84 Å². The van der Waals surface area contributed by atoms with Crippen molar-refractivity contribution in [2.75, 3.05) is 18.1 Å². The van der Waals surface area contributed by atoms with E-state index in [1.165, 1.54) is 0 Å². The summed E-state index contributed by atoms with van der Waals surface area (Å²) >= 11 is 0. The molecule has 20 heavy (non-hydrogen) atoms. The summed E-state index contributed by atoms with van der Waals surface area (Å²) in [6.45, 7) is 2.82. The number of sulfone groups is 1. The Labute approximate surface area is 120 Å². The van der Waals surface area contributed by atoms with Gasteiger partial charge in [-0.2, -0.15) is 0 Å². The molecule has 3 rings (SSSR count). The zero-order valence-corrected chi connectivity index (χ0v) is 12.5. The average Bonchev–Trinajstić information content (AvgIpc) is 2.41. The van der Waals surface area contributed by atoms with Crippen LogP contribution >= 0.6 is 0 Å². The molecule has 1 N–H and O–H groups in total. The monoisotopic (exact) mass is 295 g/mol. The number of benzene rings is 1. The highest BCUT2D eigenvalue weighted by Gasteiger charge is 2.32. The number of rotatable bonds is 2. The Hall–Kier alpha value is -1.07. The van der Waals surface area contributed by atoms with Gasteiger partial charge >= 0.3 is 0 Å². The first kappa shape index (κ1) is 13.9. The van der Waals surface area contributed by atoms with Crippen LogP contribution in [0.4, 0.5) is 0 Å². The van der Waals surface area contributed by atoms with Crippen LogP contribution in [0.25, 0.3) is 0 Å². The summed E-state index contributed by atoms with van der Waals surface area (Å²) in [5.41, 5.74) is 1.15. The summed E-state index contributed by atoms with van der Waals surface area (Å²) in [6.07, 6.45) is 1.70. The SMILES string of the molecule is CC1COc2ccccc2C1NC1CCCS(=O)(=O)C1. The van der Waals surface area contributed by atoms with Crippen LogP contribution in [0.3, 0.4) is 0 Å². The lowest BCUT2D eigenvalue weighted by Gasteiger charge is -2.36. The standard InChI is InChI=1S/C15H21NO3S/c1-11-9-19-14-7-3-2-6-13(14)15(11)16-12-5-4-8-20(17,18)10-12/h2-3,6-7,11-12,15-16H,4-5,8-10H2,1H3. The Morgan fingerprint density at radius 1 is 1.30 bits per heavy atom. The van der Waals surface area contributed by atoms with Gasteiger partial charge in [0.1, 0.15) is 5.75 Å². The molecule has 3 unspecified atom stereocenters. The van der Waals surface area contributed by atoms with Crippen LogP contribution in [0.5, 0.6) is 5.75 Å². The molecule has 0 aliphatic carbocycles. The fraction of sp³-hybridized carbons (Fsp3) is 0.600. The zero-order chi connectivity index (χ0) is 14.2. The molecule has 0 saturated carbocycles. The second-order valence-corrected chi connectivity index (χ2v) is 8.15. The minimum atomic E-state index is -2.87. The topological polar surface area (TPSA) is 55.4 Å². The molecule has 0 radical (unpaired) electrons. The van der Waals surface area contributed by atoms with E-state index in [9.17, 15) is 8.42 Å². The number of fused-ring (bicyclic) bond motifs is 1. The third kappa shape index (κ3) is 2.83. The highest BCUT2D eigenvalue weighted by Crippen LogP contribution is 2.35. The van der Waals surface area contributed by atoms with E-state index in [-0.39, 0.29) is 17.8 Å². The maximum Gasteiger partial charge on any atom is 0.151 e. The summed E-state index contributed by atoms with van der Waals surface area (Å²) in [4.78, 5) is 0. The number of para-hydroxylation sites is 1. The summed E-state index contributed by atoms with van der Waals surface area (Å²) in [7, 11) is -2.87. The average molecular weight is 295 g/mol. The van der Waals surface area contributed by atoms with Gasteiger partial charge in [-0.25, -0.2) is 8.42 Å². The lowest BCUT2D eigenvalue weighted by molar-refractivity contribution is 0.180. The van der Waals surface area contributed by atoms with E-state index in [0.717, 1.165) is 24.2 Å². The molecule has 4 nitrogen and oxygen atoms in total. The molecule has 1 fully saturated rings. The van der Waals surface area contributed by atoms with Gasteiger partial charge in [0.2, 0.25) is 0 Å². The first-order valence-electron chi connectivity index (χ1n) is 7.23. The number of ether oxygens (including phenoxy) is 1. The number of hydrogen-bond donors (Lipinski definition) is 1. The van der Waals surface area contributed by atoms with Crippen molar-refractivity contribution in [3.8, 4) is 5.75 Å². The Morgan fingerprint density at radius 2 is 2.10 bits per heavy atom. The van der Waals surface area contributed by atoms with Crippen LogP contribution in [-0.2, 0) is 9.84 Å². The maximum atomic E-state index is 11.8. The van der Waals surface area contributed by atoms with E-state index >= 15 is 0 Å². The summed E-state index contributed by atoms with van der Waals surface area (Å²) in [6, 6.07) is 8.27. The lowest BCUT2D eigenvalue weighted by Crippen LogP contribution is -2.45. The molecule has 1 aromatic rings. The molecule has 0 aromatic heterocycles. The van der Waals surface area contributed by atoms with Crippen LogP contribution in [-0.4, -0.2) is 32.6 Å². The molecule has 0 bridgehead atoms. The molecule has 1 saturated heterocycles. The predicted molar refractivity (Wildman–Crippen MR) is 78.7 cm³/mol. The molecule has 1 aromatic carbocycles. The van der Waals surface area contributed by atoms with Crippen molar-refractivity contribution in [2.45, 2.75) is 31.8 Å². The van der Waals surface area contributed by atoms with Gasteiger partial charge in [-0.3, -0.25) is 0 Å². The minimum absolute atomic E-state index is 0.0624. The van der Waals surface area contributed by atoms with Crippen molar-refractivity contribution in [2.24, 2.45) is 5.92 Å². The Kier molecular flexibility index (Phi) is 3.73. The molecule has 0 spiro atoms. The van der Waals surface area contributed by atoms with Crippen LogP contribution in [0.2, 0.25) is 0 Å². The Morgan fingerprint density at radius 3 is 2.90 bits per heavy atom. The lowest BCUT2D eigenvalue weighted by atomic mass is 9.91. The van der Waals surface area contributed by atoms with Crippen molar-refractivity contribution < 1.29 is 13.2 Å². The molecule has 3 atom stereocenters. The molecule has 2 heterocycles. The third-order valence-corrected chi connectivity index (χ3v) is 6.02. The quantitative estimate of drug-likeness (QED) is 0.906. The molecular weight excluding hydrogens is 274 g/mol. The summed E-state index contributed by atoms with van der Waals surface area (Å²) < 4.78 is 29.3. The fourth-order valence-corrected chi connectivity index (χ4v) is 4.80. The Balaban J connectivity index is 1.80. The second-order valence-electron chi connectivity index (χ2n) is 5.92. The molecular formula is C15H21NO3S. The van der Waals surface area contributed by atoms with Gasteiger partial charge in [-0.1, -0.05) is 25.1 Å². The van der Waals surface area contributed by atoms with Crippen LogP contribution in [0.1, 0.15) is 31.4 Å². The van der Waals surface area contributed by atoms with Gasteiger partial charge < -0.3 is 10.1 Å². The Bertz CT molecular complexity index is 585. The smallest absolute Gasteiger partial charge is 0.151 e. The van der Waals surface area contributed by atoms with Crippen molar-refractivity contribution in [1.29, 1.82) is 0 Å². The third-order valence-electron chi connectivity index (χ3n) is 4.20. The molecule has 2 aliphatic heterocycles. The van der Waals surface area contributed by atoms with Gasteiger partial charge in [0.15, 0.2) is 9.84 Å². The van der Waals surface area contributed by atoms with E-state index in [1.54, 1.807) is 0 Å². The summed E-state index contributed by atoms with van der Waals surface area (Å²) in [5.74, 6) is 1.86. The largest absolute Gasteiger partial charge is 0.493 e. The van der Waals surface area contributed by atoms with Crippen molar-refractivity contribution >= 4 is 9.84 Å². The molecule has 2 aliphatic rings. The first-order chi connectivity index (χ1) is 9.55. The van der Waals surface area contributed by atoms with E-state index in [4.69, 9.17) is 4.74 Å². The first-order valence-corrected chi connectivity index (χ1v) is 9.05. The molecule has 110 valence electrons. The highest BCUT2D eigenvalue weighted by atomic mass is 32.2. The highest BCUT2D eigenvalue weighted by molar-refractivity contribution is 7.91. The van der Waals surface area contributed by atoms with Crippen LogP contribution < -0.4 is 10.1 Å². The zero-order valence-electron chi connectivity index (χ0n) is 11.7. The van der Waals surface area contributed by atoms with E-state index in [1.807, 2.05) is 18.2 Å². The molecule has 0 amide bonds. The predicted octanol–water partition coefficient (Wildman–Crippen LogP) is 1.92. The van der Waals surface area contributed by atoms with Gasteiger partial charge in [0.05, 0.1) is 18.1 Å². The minimum Gasteiger partial charge on any atom is -0.493 e. The van der Waals surface area contributed by atoms with E-state index in [0.29, 0.717) is 18.3 Å². The van der Waals surface area contributed by atoms with Gasteiger partial charge in [-0.15, -0.1) is 0 Å². The molecule has 5 heteroatoms. The normalized spacial score (nSPS) is 32.1. The fourth-order valence-electron chi connectivity index (χ4n) is 3.16. The van der Waals surface area contributed by atoms with Gasteiger partial charge in [0, 0.05) is 23.6 Å².